The molecule has 0 saturated carbocycles. The molecule has 0 atom stereocenters. The third-order valence-corrected chi connectivity index (χ3v) is 10.4. The van der Waals surface area contributed by atoms with Crippen molar-refractivity contribution in [3.05, 3.63) is 199 Å². The zero-order valence-electron chi connectivity index (χ0n) is 29.1. The van der Waals surface area contributed by atoms with Crippen molar-refractivity contribution in [2.75, 3.05) is 0 Å². The molecule has 0 fully saturated rings. The van der Waals surface area contributed by atoms with Crippen LogP contribution in [0.1, 0.15) is 25.0 Å². The molecule has 0 spiro atoms. The molecule has 1 aliphatic carbocycles. The average molecular weight is 843 g/mol. The minimum Gasteiger partial charge on any atom is -0.304 e. The van der Waals surface area contributed by atoms with Crippen molar-refractivity contribution in [2.45, 2.75) is 19.3 Å². The van der Waals surface area contributed by atoms with Gasteiger partial charge in [0.15, 0.2) is 0 Å². The van der Waals surface area contributed by atoms with Gasteiger partial charge in [0.05, 0.1) is 0 Å². The molecule has 0 amide bonds. The first-order chi connectivity index (χ1) is 25.0. The Labute approximate surface area is 320 Å². The third kappa shape index (κ3) is 6.15. The number of nitrogens with zero attached hydrogens (tertiary/aromatic N) is 1. The van der Waals surface area contributed by atoms with E-state index in [0.717, 1.165) is 22.4 Å². The number of rotatable bonds is 6. The van der Waals surface area contributed by atoms with E-state index in [1.807, 2.05) is 6.20 Å². The summed E-state index contributed by atoms with van der Waals surface area (Å²) < 4.78 is 0. The average Bonchev–Trinajstić information content (AvgIpc) is 3.44. The number of fused-ring (bicyclic) bond motifs is 3. The summed E-state index contributed by atoms with van der Waals surface area (Å²) in [4.78, 5) is 4.93. The SMILES string of the molecule is CC1(C)c2ccccc2-c2c[c-]c(-c3ccc(-c4cccc(-c5cccc(-c6cccc(-c7cccc(-c8ccccc8)c7)c6)c5)c4)cn3)cc21.[Ir]. The second-order valence-electron chi connectivity index (χ2n) is 14.0. The van der Waals surface area contributed by atoms with Gasteiger partial charge in [-0.3, -0.25) is 0 Å². The van der Waals surface area contributed by atoms with Crippen LogP contribution in [0.5, 0.6) is 0 Å². The van der Waals surface area contributed by atoms with Crippen LogP contribution >= 0.6 is 0 Å². The predicted octanol–water partition coefficient (Wildman–Crippen LogP) is 13.2. The molecule has 9 rings (SSSR count). The summed E-state index contributed by atoms with van der Waals surface area (Å²) in [5, 5.41) is 0. The van der Waals surface area contributed by atoms with E-state index in [2.05, 4.69) is 196 Å². The van der Waals surface area contributed by atoms with E-state index in [9.17, 15) is 0 Å². The van der Waals surface area contributed by atoms with Crippen LogP contribution in [0.4, 0.5) is 0 Å². The van der Waals surface area contributed by atoms with E-state index in [4.69, 9.17) is 4.98 Å². The Morgan fingerprint density at radius 3 is 1.38 bits per heavy atom. The van der Waals surface area contributed by atoms with Crippen molar-refractivity contribution < 1.29 is 20.1 Å². The van der Waals surface area contributed by atoms with Gasteiger partial charge in [-0.05, 0) is 96.6 Å². The van der Waals surface area contributed by atoms with Crippen LogP contribution < -0.4 is 0 Å². The Morgan fingerprint density at radius 1 is 0.404 bits per heavy atom. The molecule has 1 aliphatic rings. The summed E-state index contributed by atoms with van der Waals surface area (Å²) in [7, 11) is 0. The molecular formula is C50H36IrN-. The standard InChI is InChI=1S/C50H36N.Ir/c1-50(2)47-23-7-6-22-45(47)46-26-24-43(32-48(46)50)49-27-25-44(33-51-49)42-21-11-20-41(31-42)40-19-10-18-39(30-40)38-17-9-16-37(29-38)36-15-8-14-35(28-36)34-12-4-3-5-13-34;/h3-23,25-33H,1-2H3;/q-1;. The first kappa shape index (κ1) is 33.5. The summed E-state index contributed by atoms with van der Waals surface area (Å²) in [5.41, 5.74) is 19.1. The Morgan fingerprint density at radius 2 is 0.865 bits per heavy atom. The molecule has 2 heteroatoms. The smallest absolute Gasteiger partial charge is 0.0239 e. The Hall–Kier alpha value is -5.66. The van der Waals surface area contributed by atoms with Crippen LogP contribution in [-0.4, -0.2) is 4.98 Å². The Bertz CT molecular complexity index is 2550. The van der Waals surface area contributed by atoms with Gasteiger partial charge in [-0.25, -0.2) is 0 Å². The number of pyridine rings is 1. The maximum Gasteiger partial charge on any atom is 0.0239 e. The van der Waals surface area contributed by atoms with Crippen LogP contribution in [0, 0.1) is 6.07 Å². The minimum atomic E-state index is -0.0508. The van der Waals surface area contributed by atoms with E-state index < -0.39 is 0 Å². The molecule has 0 aliphatic heterocycles. The molecule has 7 aromatic carbocycles. The van der Waals surface area contributed by atoms with Gasteiger partial charge in [0.2, 0.25) is 0 Å². The summed E-state index contributed by atoms with van der Waals surface area (Å²) >= 11 is 0. The number of hydrogen-bond donors (Lipinski definition) is 0. The van der Waals surface area contributed by atoms with Gasteiger partial charge in [0, 0.05) is 26.3 Å². The zero-order valence-corrected chi connectivity index (χ0v) is 31.5. The fourth-order valence-electron chi connectivity index (χ4n) is 7.66. The minimum absolute atomic E-state index is 0. The van der Waals surface area contributed by atoms with Gasteiger partial charge < -0.3 is 4.98 Å². The van der Waals surface area contributed by atoms with Crippen molar-refractivity contribution in [3.8, 4) is 78.0 Å². The summed E-state index contributed by atoms with van der Waals surface area (Å²) in [6, 6.07) is 66.8. The van der Waals surface area contributed by atoms with Crippen molar-refractivity contribution in [1.82, 2.24) is 4.98 Å². The first-order valence-electron chi connectivity index (χ1n) is 17.6. The fraction of sp³-hybridized carbons (Fsp3) is 0.0600. The predicted molar refractivity (Wildman–Crippen MR) is 213 cm³/mol. The van der Waals surface area contributed by atoms with Crippen molar-refractivity contribution in [2.24, 2.45) is 0 Å². The molecule has 1 heterocycles. The fourth-order valence-corrected chi connectivity index (χ4v) is 7.66. The van der Waals surface area contributed by atoms with E-state index in [-0.39, 0.29) is 25.5 Å². The topological polar surface area (TPSA) is 12.9 Å². The van der Waals surface area contributed by atoms with Gasteiger partial charge >= 0.3 is 0 Å². The van der Waals surface area contributed by atoms with Crippen LogP contribution in [-0.2, 0) is 25.5 Å². The molecule has 0 saturated heterocycles. The molecule has 1 aromatic heterocycles. The largest absolute Gasteiger partial charge is 0.304 e. The second-order valence-corrected chi connectivity index (χ2v) is 14.0. The van der Waals surface area contributed by atoms with Gasteiger partial charge in [-0.1, -0.05) is 165 Å². The van der Waals surface area contributed by atoms with Crippen LogP contribution in [0.2, 0.25) is 0 Å². The van der Waals surface area contributed by atoms with E-state index >= 15 is 0 Å². The van der Waals surface area contributed by atoms with E-state index in [0.29, 0.717) is 0 Å². The number of hydrogen-bond acceptors (Lipinski definition) is 1. The van der Waals surface area contributed by atoms with Gasteiger partial charge in [-0.2, -0.15) is 0 Å². The number of aromatic nitrogens is 1. The van der Waals surface area contributed by atoms with Crippen LogP contribution in [0.15, 0.2) is 182 Å². The van der Waals surface area contributed by atoms with Gasteiger partial charge in [-0.15, -0.1) is 29.3 Å². The number of benzene rings is 7. The molecule has 251 valence electrons. The van der Waals surface area contributed by atoms with Gasteiger partial charge in [0.1, 0.15) is 0 Å². The van der Waals surface area contributed by atoms with Crippen molar-refractivity contribution in [1.29, 1.82) is 0 Å². The molecule has 8 aromatic rings. The quantitative estimate of drug-likeness (QED) is 0.152. The maximum absolute atomic E-state index is 4.93. The monoisotopic (exact) mass is 843 g/mol. The van der Waals surface area contributed by atoms with Gasteiger partial charge in [0.25, 0.3) is 0 Å². The van der Waals surface area contributed by atoms with E-state index in [1.165, 1.54) is 66.8 Å². The first-order valence-corrected chi connectivity index (χ1v) is 17.6. The summed E-state index contributed by atoms with van der Waals surface area (Å²) in [6.45, 7) is 4.62. The van der Waals surface area contributed by atoms with E-state index in [1.54, 1.807) is 0 Å². The molecule has 0 bridgehead atoms. The molecule has 1 nitrogen and oxygen atoms in total. The van der Waals surface area contributed by atoms with Crippen molar-refractivity contribution >= 4 is 0 Å². The molecule has 0 unspecified atom stereocenters. The zero-order chi connectivity index (χ0) is 34.4. The van der Waals surface area contributed by atoms with Crippen LogP contribution in [0.3, 0.4) is 0 Å². The third-order valence-electron chi connectivity index (χ3n) is 10.4. The Kier molecular flexibility index (Phi) is 8.89. The molecule has 52 heavy (non-hydrogen) atoms. The van der Waals surface area contributed by atoms with Crippen molar-refractivity contribution in [3.63, 3.8) is 0 Å². The molecular weight excluding hydrogens is 807 g/mol. The molecule has 0 N–H and O–H groups in total. The Balaban J connectivity index is 0.00000387. The summed E-state index contributed by atoms with van der Waals surface area (Å²) in [6.07, 6.45) is 1.99. The normalized spacial score (nSPS) is 12.4. The molecule has 1 radical (unpaired) electrons. The summed E-state index contributed by atoms with van der Waals surface area (Å²) in [5.74, 6) is 0. The van der Waals surface area contributed by atoms with Crippen LogP contribution in [0.25, 0.3) is 78.0 Å². The second kappa shape index (κ2) is 13.8. The maximum atomic E-state index is 4.93.